The van der Waals surface area contributed by atoms with Gasteiger partial charge in [-0.1, -0.05) is 6.07 Å². The molecule has 1 aliphatic heterocycles. The van der Waals surface area contributed by atoms with Crippen molar-refractivity contribution in [1.29, 1.82) is 0 Å². The zero-order valence-corrected chi connectivity index (χ0v) is 15.9. The van der Waals surface area contributed by atoms with Gasteiger partial charge in [-0.25, -0.2) is 16.8 Å². The maximum atomic E-state index is 12.5. The predicted molar refractivity (Wildman–Crippen MR) is 101 cm³/mol. The van der Waals surface area contributed by atoms with E-state index in [0.717, 1.165) is 0 Å². The normalized spacial score (nSPS) is 16.4. The van der Waals surface area contributed by atoms with Crippen molar-refractivity contribution >= 4 is 31.4 Å². The Morgan fingerprint density at radius 2 is 1.88 bits per heavy atom. The highest BCUT2D eigenvalue weighted by Crippen LogP contribution is 2.27. The van der Waals surface area contributed by atoms with Crippen molar-refractivity contribution in [2.45, 2.75) is 18.2 Å². The number of anilines is 2. The van der Waals surface area contributed by atoms with Crippen LogP contribution in [-0.2, 0) is 20.0 Å². The zero-order valence-electron chi connectivity index (χ0n) is 14.3. The van der Waals surface area contributed by atoms with E-state index in [1.54, 1.807) is 30.3 Å². The third kappa shape index (κ3) is 3.94. The minimum atomic E-state index is -3.79. The third-order valence-corrected chi connectivity index (χ3v) is 7.20. The summed E-state index contributed by atoms with van der Waals surface area (Å²) in [4.78, 5) is 0.0974. The zero-order chi connectivity index (χ0) is 18.8. The molecule has 0 bridgehead atoms. The second-order valence-corrected chi connectivity index (χ2v) is 9.50. The summed E-state index contributed by atoms with van der Waals surface area (Å²) in [7, 11) is -7.11. The SMILES string of the molecule is CCOc1ccc(S(=O)(=O)Nc2cccc(N3CCCS3(=O)=O)c2)cc1. The van der Waals surface area contributed by atoms with E-state index in [1.807, 2.05) is 6.92 Å². The first-order valence-electron chi connectivity index (χ1n) is 8.18. The molecule has 1 N–H and O–H groups in total. The third-order valence-electron chi connectivity index (χ3n) is 3.93. The van der Waals surface area contributed by atoms with Gasteiger partial charge in [0.25, 0.3) is 10.0 Å². The van der Waals surface area contributed by atoms with Crippen molar-refractivity contribution in [3.05, 3.63) is 48.5 Å². The van der Waals surface area contributed by atoms with Gasteiger partial charge in [-0.2, -0.15) is 0 Å². The lowest BCUT2D eigenvalue weighted by Gasteiger charge is -2.18. The summed E-state index contributed by atoms with van der Waals surface area (Å²) >= 11 is 0. The average molecular weight is 396 g/mol. The molecule has 0 aliphatic carbocycles. The van der Waals surface area contributed by atoms with E-state index >= 15 is 0 Å². The standard InChI is InChI=1S/C17H20N2O5S2/c1-2-24-16-7-9-17(10-8-16)26(22,23)18-14-5-3-6-15(13-14)19-11-4-12-25(19,20)21/h3,5-10,13,18H,2,4,11-12H2,1H3. The fourth-order valence-electron chi connectivity index (χ4n) is 2.75. The van der Waals surface area contributed by atoms with Crippen LogP contribution in [0.5, 0.6) is 5.75 Å². The Balaban J connectivity index is 1.83. The van der Waals surface area contributed by atoms with Gasteiger partial charge in [-0.3, -0.25) is 9.03 Å². The van der Waals surface area contributed by atoms with E-state index in [9.17, 15) is 16.8 Å². The fourth-order valence-corrected chi connectivity index (χ4v) is 5.36. The first-order chi connectivity index (χ1) is 12.3. The van der Waals surface area contributed by atoms with Crippen molar-refractivity contribution in [3.8, 4) is 5.75 Å². The maximum Gasteiger partial charge on any atom is 0.261 e. The highest BCUT2D eigenvalue weighted by Gasteiger charge is 2.28. The highest BCUT2D eigenvalue weighted by atomic mass is 32.2. The number of hydrogen-bond donors (Lipinski definition) is 1. The summed E-state index contributed by atoms with van der Waals surface area (Å²) in [5, 5.41) is 0. The van der Waals surface area contributed by atoms with Gasteiger partial charge in [-0.15, -0.1) is 0 Å². The largest absolute Gasteiger partial charge is 0.494 e. The molecule has 0 radical (unpaired) electrons. The van der Waals surface area contributed by atoms with Crippen molar-refractivity contribution in [1.82, 2.24) is 0 Å². The van der Waals surface area contributed by atoms with Gasteiger partial charge in [-0.05, 0) is 55.8 Å². The van der Waals surface area contributed by atoms with Crippen LogP contribution in [-0.4, -0.2) is 35.7 Å². The summed E-state index contributed by atoms with van der Waals surface area (Å²) in [6.07, 6.45) is 0.560. The Kier molecular flexibility index (Phi) is 5.10. The molecule has 1 aliphatic rings. The van der Waals surface area contributed by atoms with Crippen LogP contribution in [0, 0.1) is 0 Å². The molecule has 0 amide bonds. The summed E-state index contributed by atoms with van der Waals surface area (Å²) in [5.41, 5.74) is 0.757. The van der Waals surface area contributed by atoms with Crippen LogP contribution in [0.4, 0.5) is 11.4 Å². The fraction of sp³-hybridized carbons (Fsp3) is 0.294. The molecule has 0 atom stereocenters. The second-order valence-electron chi connectivity index (χ2n) is 5.80. The Bertz CT molecular complexity index is 986. The molecule has 1 saturated heterocycles. The molecule has 0 aromatic heterocycles. The summed E-state index contributed by atoms with van der Waals surface area (Å²) in [6, 6.07) is 12.5. The van der Waals surface area contributed by atoms with Gasteiger partial charge in [0.15, 0.2) is 0 Å². The van der Waals surface area contributed by atoms with E-state index in [2.05, 4.69) is 4.72 Å². The monoisotopic (exact) mass is 396 g/mol. The van der Waals surface area contributed by atoms with E-state index in [-0.39, 0.29) is 10.6 Å². The number of nitrogens with zero attached hydrogens (tertiary/aromatic N) is 1. The molecule has 0 saturated carbocycles. The molecule has 7 nitrogen and oxygen atoms in total. The van der Waals surface area contributed by atoms with Crippen molar-refractivity contribution < 1.29 is 21.6 Å². The molecule has 1 fully saturated rings. The van der Waals surface area contributed by atoms with Crippen LogP contribution in [0.15, 0.2) is 53.4 Å². The molecule has 0 spiro atoms. The number of nitrogens with one attached hydrogen (secondary N) is 1. The number of sulfonamides is 2. The molecule has 2 aromatic rings. The van der Waals surface area contributed by atoms with Crippen LogP contribution in [0.2, 0.25) is 0 Å². The number of rotatable bonds is 6. The second kappa shape index (κ2) is 7.16. The van der Waals surface area contributed by atoms with Crippen LogP contribution in [0.3, 0.4) is 0 Å². The smallest absolute Gasteiger partial charge is 0.261 e. The molecule has 2 aromatic carbocycles. The Morgan fingerprint density at radius 1 is 1.15 bits per heavy atom. The van der Waals surface area contributed by atoms with E-state index in [1.165, 1.54) is 22.5 Å². The summed E-state index contributed by atoms with van der Waals surface area (Å²) in [6.45, 7) is 2.74. The van der Waals surface area contributed by atoms with Crippen LogP contribution >= 0.6 is 0 Å². The van der Waals surface area contributed by atoms with Crippen molar-refractivity contribution in [3.63, 3.8) is 0 Å². The summed E-state index contributed by atoms with van der Waals surface area (Å²) < 4.78 is 58.3. The molecule has 3 rings (SSSR count). The average Bonchev–Trinajstić information content (AvgIpc) is 2.95. The molecule has 140 valence electrons. The van der Waals surface area contributed by atoms with Gasteiger partial charge < -0.3 is 4.74 Å². The Morgan fingerprint density at radius 3 is 2.50 bits per heavy atom. The van der Waals surface area contributed by atoms with Crippen LogP contribution in [0.25, 0.3) is 0 Å². The van der Waals surface area contributed by atoms with Crippen LogP contribution in [0.1, 0.15) is 13.3 Å². The molecule has 26 heavy (non-hydrogen) atoms. The van der Waals surface area contributed by atoms with E-state index in [4.69, 9.17) is 4.74 Å². The number of hydrogen-bond acceptors (Lipinski definition) is 5. The lowest BCUT2D eigenvalue weighted by molar-refractivity contribution is 0.340. The van der Waals surface area contributed by atoms with Gasteiger partial charge in [0.2, 0.25) is 10.0 Å². The van der Waals surface area contributed by atoms with Crippen molar-refractivity contribution in [2.75, 3.05) is 27.9 Å². The number of ether oxygens (including phenoxy) is 1. The highest BCUT2D eigenvalue weighted by molar-refractivity contribution is 7.93. The lowest BCUT2D eigenvalue weighted by Crippen LogP contribution is -2.25. The van der Waals surface area contributed by atoms with Crippen LogP contribution < -0.4 is 13.8 Å². The summed E-state index contributed by atoms with van der Waals surface area (Å²) in [5.74, 6) is 0.697. The first kappa shape index (κ1) is 18.5. The lowest BCUT2D eigenvalue weighted by atomic mass is 10.3. The molecular formula is C17H20N2O5S2. The first-order valence-corrected chi connectivity index (χ1v) is 11.3. The maximum absolute atomic E-state index is 12.5. The topological polar surface area (TPSA) is 92.8 Å². The van der Waals surface area contributed by atoms with E-state index < -0.39 is 20.0 Å². The Labute approximate surface area is 153 Å². The predicted octanol–water partition coefficient (Wildman–Crippen LogP) is 2.43. The molecule has 1 heterocycles. The molecule has 9 heteroatoms. The van der Waals surface area contributed by atoms with Gasteiger partial charge >= 0.3 is 0 Å². The minimum Gasteiger partial charge on any atom is -0.494 e. The van der Waals surface area contributed by atoms with Gasteiger partial charge in [0, 0.05) is 6.54 Å². The number of benzene rings is 2. The molecular weight excluding hydrogens is 376 g/mol. The van der Waals surface area contributed by atoms with Gasteiger partial charge in [0.1, 0.15) is 5.75 Å². The minimum absolute atomic E-state index is 0.0974. The van der Waals surface area contributed by atoms with Crippen molar-refractivity contribution in [2.24, 2.45) is 0 Å². The van der Waals surface area contributed by atoms with Gasteiger partial charge in [0.05, 0.1) is 28.6 Å². The molecule has 0 unspecified atom stereocenters. The van der Waals surface area contributed by atoms with E-state index in [0.29, 0.717) is 36.7 Å². The quantitative estimate of drug-likeness (QED) is 0.809. The Hall–Kier alpha value is -2.26.